The Hall–Kier alpha value is -0.120. The molecule has 0 aromatic heterocycles. The maximum atomic E-state index is 6.09. The van der Waals surface area contributed by atoms with Gasteiger partial charge in [-0.2, -0.15) is 0 Å². The minimum atomic E-state index is 0.218. The average molecular weight is 242 g/mol. The molecular weight excluding hydrogens is 212 g/mol. The Kier molecular flexibility index (Phi) is 5.42. The fourth-order valence-electron chi connectivity index (χ4n) is 3.26. The molecule has 17 heavy (non-hydrogen) atoms. The summed E-state index contributed by atoms with van der Waals surface area (Å²) in [6, 6.07) is 0. The molecule has 0 heterocycles. The minimum Gasteiger partial charge on any atom is -0.380 e. The summed E-state index contributed by atoms with van der Waals surface area (Å²) in [5, 5.41) is 0. The molecule has 2 N–H and O–H groups in total. The van der Waals surface area contributed by atoms with Crippen LogP contribution in [0.2, 0.25) is 0 Å². The van der Waals surface area contributed by atoms with E-state index in [-0.39, 0.29) is 5.54 Å². The monoisotopic (exact) mass is 242 g/mol. The van der Waals surface area contributed by atoms with Crippen LogP contribution in [0.5, 0.6) is 0 Å². The van der Waals surface area contributed by atoms with Crippen molar-refractivity contribution < 1.29 is 4.74 Å². The van der Waals surface area contributed by atoms with Crippen molar-refractivity contribution in [3.63, 3.8) is 0 Å². The highest BCUT2D eigenvalue weighted by Gasteiger charge is 2.45. The lowest BCUT2D eigenvalue weighted by Gasteiger charge is -2.41. The Bertz CT molecular complexity index is 230. The second kappa shape index (κ2) is 6.17. The van der Waals surface area contributed by atoms with Crippen LogP contribution in [-0.2, 0) is 4.74 Å². The largest absolute Gasteiger partial charge is 0.380 e. The molecule has 0 spiro atoms. The molecule has 3 nitrogen and oxygen atoms in total. The van der Waals surface area contributed by atoms with Gasteiger partial charge in [-0.1, -0.05) is 20.8 Å². The Morgan fingerprint density at radius 2 is 1.94 bits per heavy atom. The first-order valence-corrected chi connectivity index (χ1v) is 7.02. The quantitative estimate of drug-likeness (QED) is 0.696. The summed E-state index contributed by atoms with van der Waals surface area (Å²) in [5.74, 6) is 0. The van der Waals surface area contributed by atoms with Crippen LogP contribution in [0.15, 0.2) is 0 Å². The molecule has 1 aliphatic carbocycles. The molecule has 1 aliphatic rings. The highest BCUT2D eigenvalue weighted by Crippen LogP contribution is 2.46. The van der Waals surface area contributed by atoms with E-state index in [1.165, 1.54) is 19.3 Å². The van der Waals surface area contributed by atoms with Crippen molar-refractivity contribution in [3.8, 4) is 0 Å². The summed E-state index contributed by atoms with van der Waals surface area (Å²) in [4.78, 5) is 2.54. The summed E-state index contributed by atoms with van der Waals surface area (Å²) in [7, 11) is 0. The Morgan fingerprint density at radius 1 is 1.24 bits per heavy atom. The second-order valence-electron chi connectivity index (χ2n) is 6.05. The number of hydrogen-bond acceptors (Lipinski definition) is 3. The van der Waals surface area contributed by atoms with E-state index < -0.39 is 0 Å². The molecule has 1 rings (SSSR count). The first kappa shape index (κ1) is 14.9. The van der Waals surface area contributed by atoms with Gasteiger partial charge in [-0.05, 0) is 38.1 Å². The smallest absolute Gasteiger partial charge is 0.0593 e. The maximum Gasteiger partial charge on any atom is 0.0593 e. The molecule has 0 saturated heterocycles. The number of nitrogens with zero attached hydrogens (tertiary/aromatic N) is 1. The summed E-state index contributed by atoms with van der Waals surface area (Å²) in [6.07, 6.45) is 3.74. The third-order valence-corrected chi connectivity index (χ3v) is 4.22. The Morgan fingerprint density at radius 3 is 2.35 bits per heavy atom. The van der Waals surface area contributed by atoms with Gasteiger partial charge in [-0.3, -0.25) is 4.90 Å². The first-order chi connectivity index (χ1) is 7.99. The van der Waals surface area contributed by atoms with Gasteiger partial charge in [0.1, 0.15) is 0 Å². The van der Waals surface area contributed by atoms with Gasteiger partial charge >= 0.3 is 0 Å². The molecule has 0 bridgehead atoms. The van der Waals surface area contributed by atoms with E-state index in [1.54, 1.807) is 0 Å². The maximum absolute atomic E-state index is 6.09. The highest BCUT2D eigenvalue weighted by molar-refractivity contribution is 5.01. The zero-order valence-electron chi connectivity index (χ0n) is 12.1. The molecule has 0 aromatic carbocycles. The van der Waals surface area contributed by atoms with Crippen LogP contribution < -0.4 is 5.73 Å². The van der Waals surface area contributed by atoms with E-state index in [4.69, 9.17) is 10.5 Å². The summed E-state index contributed by atoms with van der Waals surface area (Å²) in [6.45, 7) is 13.5. The molecular formula is C14H30N2O. The predicted octanol–water partition coefficient (Wildman–Crippen LogP) is 2.25. The first-order valence-electron chi connectivity index (χ1n) is 7.02. The lowest BCUT2D eigenvalue weighted by molar-refractivity contribution is 0.0494. The molecule has 0 radical (unpaired) electrons. The third-order valence-electron chi connectivity index (χ3n) is 4.22. The van der Waals surface area contributed by atoms with Crippen molar-refractivity contribution >= 4 is 0 Å². The van der Waals surface area contributed by atoms with Crippen LogP contribution in [0.25, 0.3) is 0 Å². The van der Waals surface area contributed by atoms with Gasteiger partial charge in [0.2, 0.25) is 0 Å². The Balaban J connectivity index is 2.63. The number of ether oxygens (including phenoxy) is 1. The Labute approximate surface area is 107 Å². The molecule has 102 valence electrons. The van der Waals surface area contributed by atoms with E-state index in [2.05, 4.69) is 25.7 Å². The predicted molar refractivity (Wildman–Crippen MR) is 73.2 cm³/mol. The van der Waals surface area contributed by atoms with Crippen molar-refractivity contribution in [2.24, 2.45) is 11.1 Å². The standard InChI is InChI=1S/C14H30N2O/c1-5-16(9-10-17-6-2)14(12-15)8-7-13(3,4)11-14/h5-12,15H2,1-4H3. The van der Waals surface area contributed by atoms with Crippen molar-refractivity contribution in [1.29, 1.82) is 0 Å². The van der Waals surface area contributed by atoms with Crippen LogP contribution in [0.1, 0.15) is 47.0 Å². The number of rotatable bonds is 7. The summed E-state index contributed by atoms with van der Waals surface area (Å²) < 4.78 is 5.48. The van der Waals surface area contributed by atoms with Crippen molar-refractivity contribution in [2.45, 2.75) is 52.5 Å². The fraction of sp³-hybridized carbons (Fsp3) is 1.00. The number of likely N-dealkylation sites (N-methyl/N-ethyl adjacent to an activating group) is 1. The average Bonchev–Trinajstić information content (AvgIpc) is 2.62. The van der Waals surface area contributed by atoms with Crippen LogP contribution >= 0.6 is 0 Å². The van der Waals surface area contributed by atoms with Crippen molar-refractivity contribution in [1.82, 2.24) is 4.90 Å². The van der Waals surface area contributed by atoms with Gasteiger partial charge in [-0.15, -0.1) is 0 Å². The lowest BCUT2D eigenvalue weighted by atomic mass is 9.86. The summed E-state index contributed by atoms with van der Waals surface area (Å²) >= 11 is 0. The van der Waals surface area contributed by atoms with Crippen LogP contribution in [-0.4, -0.2) is 43.3 Å². The molecule has 1 fully saturated rings. The van der Waals surface area contributed by atoms with Gasteiger partial charge in [-0.25, -0.2) is 0 Å². The molecule has 0 aliphatic heterocycles. The van der Waals surface area contributed by atoms with E-state index in [9.17, 15) is 0 Å². The number of hydrogen-bond donors (Lipinski definition) is 1. The molecule has 1 atom stereocenters. The van der Waals surface area contributed by atoms with Gasteiger partial charge < -0.3 is 10.5 Å². The zero-order chi connectivity index (χ0) is 12.9. The van der Waals surface area contributed by atoms with Gasteiger partial charge in [0, 0.05) is 25.2 Å². The molecule has 0 aromatic rings. The topological polar surface area (TPSA) is 38.5 Å². The lowest BCUT2D eigenvalue weighted by Crippen LogP contribution is -2.53. The number of nitrogens with two attached hydrogens (primary N) is 1. The molecule has 3 heteroatoms. The van der Waals surface area contributed by atoms with E-state index in [0.29, 0.717) is 5.41 Å². The van der Waals surface area contributed by atoms with Crippen LogP contribution in [0, 0.1) is 5.41 Å². The zero-order valence-corrected chi connectivity index (χ0v) is 12.1. The third kappa shape index (κ3) is 3.67. The second-order valence-corrected chi connectivity index (χ2v) is 6.05. The minimum absolute atomic E-state index is 0.218. The van der Waals surface area contributed by atoms with Crippen molar-refractivity contribution in [2.75, 3.05) is 32.8 Å². The molecule has 1 saturated carbocycles. The van der Waals surface area contributed by atoms with Crippen molar-refractivity contribution in [3.05, 3.63) is 0 Å². The van der Waals surface area contributed by atoms with Crippen LogP contribution in [0.4, 0.5) is 0 Å². The van der Waals surface area contributed by atoms with Gasteiger partial charge in [0.05, 0.1) is 6.61 Å². The van der Waals surface area contributed by atoms with Gasteiger partial charge in [0.15, 0.2) is 0 Å². The van der Waals surface area contributed by atoms with Crippen LogP contribution in [0.3, 0.4) is 0 Å². The van der Waals surface area contributed by atoms with Gasteiger partial charge in [0.25, 0.3) is 0 Å². The SMILES string of the molecule is CCOCCN(CC)C1(CN)CCC(C)(C)C1. The highest BCUT2D eigenvalue weighted by atomic mass is 16.5. The molecule has 1 unspecified atom stereocenters. The van der Waals surface area contributed by atoms with E-state index >= 15 is 0 Å². The van der Waals surface area contributed by atoms with E-state index in [0.717, 1.165) is 32.8 Å². The normalized spacial score (nSPS) is 27.9. The van der Waals surface area contributed by atoms with E-state index in [1.807, 2.05) is 6.92 Å². The fourth-order valence-corrected chi connectivity index (χ4v) is 3.26. The summed E-state index contributed by atoms with van der Waals surface area (Å²) in [5.41, 5.74) is 6.75. The molecule has 0 amide bonds.